The van der Waals surface area contributed by atoms with E-state index in [1.165, 1.54) is 36.0 Å². The highest BCUT2D eigenvalue weighted by Gasteiger charge is 2.60. The largest absolute Gasteiger partial charge is 0.416 e. The van der Waals surface area contributed by atoms with Crippen molar-refractivity contribution < 1.29 is 26.7 Å². The molecule has 0 saturated heterocycles. The van der Waals surface area contributed by atoms with Gasteiger partial charge in [0.1, 0.15) is 23.1 Å². The maximum Gasteiger partial charge on any atom is 0.416 e. The van der Waals surface area contributed by atoms with E-state index in [0.717, 1.165) is 11.0 Å². The maximum absolute atomic E-state index is 14.1. The fourth-order valence-corrected chi connectivity index (χ4v) is 5.13. The van der Waals surface area contributed by atoms with Crippen LogP contribution < -0.4 is 4.90 Å². The first-order valence-corrected chi connectivity index (χ1v) is 10.6. The number of aryl methyl sites for hydroxylation is 2. The lowest BCUT2D eigenvalue weighted by atomic mass is 9.61. The van der Waals surface area contributed by atoms with Crippen LogP contribution in [0.25, 0.3) is 0 Å². The Labute approximate surface area is 195 Å². The summed E-state index contributed by atoms with van der Waals surface area (Å²) in [5.41, 5.74) is -1.74. The summed E-state index contributed by atoms with van der Waals surface area (Å²) in [6.45, 7) is 1.10. The first kappa shape index (κ1) is 22.7. The van der Waals surface area contributed by atoms with Crippen molar-refractivity contribution in [2.24, 2.45) is 7.05 Å². The number of halogens is 6. The Kier molecular flexibility index (Phi) is 4.81. The van der Waals surface area contributed by atoms with E-state index < -0.39 is 41.8 Å². The molecule has 1 amide bonds. The molecular formula is C22H17ClF5N5O. The van der Waals surface area contributed by atoms with Crippen LogP contribution in [-0.4, -0.2) is 31.6 Å². The van der Waals surface area contributed by atoms with Crippen molar-refractivity contribution in [2.45, 2.75) is 43.8 Å². The Morgan fingerprint density at radius 1 is 1.12 bits per heavy atom. The van der Waals surface area contributed by atoms with E-state index in [-0.39, 0.29) is 34.5 Å². The fourth-order valence-electron chi connectivity index (χ4n) is 4.93. The molecule has 1 saturated carbocycles. The first-order valence-electron chi connectivity index (χ1n) is 10.2. The van der Waals surface area contributed by atoms with Crippen molar-refractivity contribution in [3.8, 4) is 0 Å². The second-order valence-electron chi connectivity index (χ2n) is 8.82. The summed E-state index contributed by atoms with van der Waals surface area (Å²) in [6.07, 6.45) is -4.37. The fraction of sp³-hybridized carbons (Fsp3) is 0.364. The number of carbonyl (C=O) groups is 1. The molecule has 2 aliphatic rings. The van der Waals surface area contributed by atoms with Crippen molar-refractivity contribution in [3.63, 3.8) is 0 Å². The van der Waals surface area contributed by atoms with Crippen LogP contribution in [0.1, 0.15) is 51.3 Å². The summed E-state index contributed by atoms with van der Waals surface area (Å²) in [6, 6.07) is 5.21. The zero-order valence-corrected chi connectivity index (χ0v) is 18.7. The van der Waals surface area contributed by atoms with E-state index in [1.54, 1.807) is 7.05 Å². The molecule has 3 heterocycles. The van der Waals surface area contributed by atoms with Gasteiger partial charge in [-0.3, -0.25) is 9.69 Å². The van der Waals surface area contributed by atoms with Gasteiger partial charge in [0.25, 0.3) is 11.8 Å². The topological polar surface area (TPSA) is 63.9 Å². The first-order chi connectivity index (χ1) is 15.8. The number of nitrogens with zero attached hydrogens (tertiary/aromatic N) is 5. The van der Waals surface area contributed by atoms with Crippen molar-refractivity contribution in [2.75, 3.05) is 4.90 Å². The Hall–Kier alpha value is -3.08. The van der Waals surface area contributed by atoms with Crippen LogP contribution in [0.2, 0.25) is 5.15 Å². The lowest BCUT2D eigenvalue weighted by Gasteiger charge is -2.46. The molecule has 0 N–H and O–H groups in total. The number of alkyl halides is 5. The zero-order chi connectivity index (χ0) is 24.6. The van der Waals surface area contributed by atoms with Gasteiger partial charge in [0.2, 0.25) is 0 Å². The van der Waals surface area contributed by atoms with Gasteiger partial charge in [-0.05, 0) is 47.9 Å². The summed E-state index contributed by atoms with van der Waals surface area (Å²) >= 11 is 6.22. The quantitative estimate of drug-likeness (QED) is 0.374. The van der Waals surface area contributed by atoms with Crippen LogP contribution in [0.15, 0.2) is 30.6 Å². The molecular weight excluding hydrogens is 481 g/mol. The molecule has 178 valence electrons. The summed E-state index contributed by atoms with van der Waals surface area (Å²) < 4.78 is 70.6. The van der Waals surface area contributed by atoms with Crippen LogP contribution in [0.3, 0.4) is 0 Å². The van der Waals surface area contributed by atoms with Crippen LogP contribution in [0.5, 0.6) is 0 Å². The minimum Gasteiger partial charge on any atom is -0.320 e. The molecule has 1 fully saturated rings. The Bertz CT molecular complexity index is 1330. The molecule has 1 aliphatic carbocycles. The molecule has 0 bridgehead atoms. The predicted molar refractivity (Wildman–Crippen MR) is 112 cm³/mol. The number of hydrogen-bond donors (Lipinski definition) is 0. The van der Waals surface area contributed by atoms with E-state index in [1.807, 2.05) is 0 Å². The second kappa shape index (κ2) is 7.21. The number of benzene rings is 1. The van der Waals surface area contributed by atoms with Gasteiger partial charge in [-0.2, -0.15) is 13.2 Å². The molecule has 12 heteroatoms. The highest BCUT2D eigenvalue weighted by Crippen LogP contribution is 2.57. The van der Waals surface area contributed by atoms with Crippen molar-refractivity contribution in [1.82, 2.24) is 19.7 Å². The number of hydrogen-bond acceptors (Lipinski definition) is 4. The van der Waals surface area contributed by atoms with E-state index >= 15 is 0 Å². The Balaban J connectivity index is 1.60. The molecule has 1 aromatic carbocycles. The number of fused-ring (bicyclic) bond motifs is 1. The summed E-state index contributed by atoms with van der Waals surface area (Å²) in [5, 5.41) is 7.73. The standard InChI is InChI=1S/C22H17ClF5N5O/c1-11-3-13-14(15(4-11)22(26,27)28)7-33(18(13)34)17-6-12(5-16(23)30-17)20(8-21(24,25)9-20)19-31-29-10-32(19)2/h3-6,10H,7-9H2,1-2H3. The molecule has 3 aromatic rings. The average molecular weight is 498 g/mol. The second-order valence-corrected chi connectivity index (χ2v) is 9.21. The molecule has 0 atom stereocenters. The van der Waals surface area contributed by atoms with Crippen molar-refractivity contribution in [3.05, 3.63) is 69.4 Å². The van der Waals surface area contributed by atoms with Crippen LogP contribution in [0, 0.1) is 6.92 Å². The van der Waals surface area contributed by atoms with Gasteiger partial charge in [-0.15, -0.1) is 10.2 Å². The smallest absolute Gasteiger partial charge is 0.320 e. The Morgan fingerprint density at radius 2 is 1.82 bits per heavy atom. The number of pyridine rings is 1. The van der Waals surface area contributed by atoms with Crippen molar-refractivity contribution in [1.29, 1.82) is 0 Å². The monoisotopic (exact) mass is 497 g/mol. The third kappa shape index (κ3) is 3.44. The third-order valence-corrected chi connectivity index (χ3v) is 6.56. The molecule has 1 aliphatic heterocycles. The SMILES string of the molecule is Cc1cc2c(c(C(F)(F)F)c1)CN(c1cc(C3(c4nncn4C)CC(F)(F)C3)cc(Cl)n1)C2=O. The molecule has 34 heavy (non-hydrogen) atoms. The minimum atomic E-state index is -4.65. The molecule has 6 nitrogen and oxygen atoms in total. The maximum atomic E-state index is 14.1. The lowest BCUT2D eigenvalue weighted by Crippen LogP contribution is -2.51. The summed E-state index contributed by atoms with van der Waals surface area (Å²) in [7, 11) is 1.62. The minimum absolute atomic E-state index is 0.0220. The molecule has 2 aromatic heterocycles. The zero-order valence-electron chi connectivity index (χ0n) is 17.9. The van der Waals surface area contributed by atoms with Gasteiger partial charge in [0.15, 0.2) is 0 Å². The van der Waals surface area contributed by atoms with Gasteiger partial charge in [0, 0.05) is 25.5 Å². The van der Waals surface area contributed by atoms with Gasteiger partial charge < -0.3 is 4.57 Å². The number of carbonyl (C=O) groups excluding carboxylic acids is 1. The Morgan fingerprint density at radius 3 is 2.41 bits per heavy atom. The van der Waals surface area contributed by atoms with Gasteiger partial charge in [-0.25, -0.2) is 13.8 Å². The van der Waals surface area contributed by atoms with Gasteiger partial charge >= 0.3 is 6.18 Å². The highest BCUT2D eigenvalue weighted by atomic mass is 35.5. The van der Waals surface area contributed by atoms with E-state index in [4.69, 9.17) is 11.6 Å². The molecule has 5 rings (SSSR count). The average Bonchev–Trinajstić information content (AvgIpc) is 3.28. The molecule has 0 radical (unpaired) electrons. The number of aromatic nitrogens is 4. The lowest BCUT2D eigenvalue weighted by molar-refractivity contribution is -0.138. The number of anilines is 1. The van der Waals surface area contributed by atoms with Crippen molar-refractivity contribution >= 4 is 23.3 Å². The number of amides is 1. The van der Waals surface area contributed by atoms with E-state index in [2.05, 4.69) is 15.2 Å². The van der Waals surface area contributed by atoms with Crippen LogP contribution in [-0.2, 0) is 25.2 Å². The van der Waals surface area contributed by atoms with Crippen LogP contribution in [0.4, 0.5) is 27.8 Å². The number of rotatable bonds is 3. The predicted octanol–water partition coefficient (Wildman–Crippen LogP) is 5.07. The third-order valence-electron chi connectivity index (χ3n) is 6.36. The molecule has 0 spiro atoms. The van der Waals surface area contributed by atoms with E-state index in [9.17, 15) is 26.7 Å². The summed E-state index contributed by atoms with van der Waals surface area (Å²) in [4.78, 5) is 18.3. The van der Waals surface area contributed by atoms with Crippen LogP contribution >= 0.6 is 11.6 Å². The van der Waals surface area contributed by atoms with Gasteiger partial charge in [0.05, 0.1) is 17.5 Å². The normalized spacial score (nSPS) is 18.7. The summed E-state index contributed by atoms with van der Waals surface area (Å²) in [5.74, 6) is -3.35. The highest BCUT2D eigenvalue weighted by molar-refractivity contribution is 6.29. The van der Waals surface area contributed by atoms with E-state index in [0.29, 0.717) is 11.1 Å². The van der Waals surface area contributed by atoms with Gasteiger partial charge in [-0.1, -0.05) is 11.6 Å². The molecule has 0 unspecified atom stereocenters.